The summed E-state index contributed by atoms with van der Waals surface area (Å²) in [5.41, 5.74) is 0. The number of ether oxygens (including phenoxy) is 4. The Hall–Kier alpha value is -1.94. The van der Waals surface area contributed by atoms with E-state index in [4.69, 9.17) is 37.0 Å². The fraction of sp³-hybridized carbons (Fsp3) is 0.949. The summed E-state index contributed by atoms with van der Waals surface area (Å²) >= 11 is 0. The van der Waals surface area contributed by atoms with Crippen molar-refractivity contribution in [3.05, 3.63) is 0 Å². The second-order valence-corrected chi connectivity index (χ2v) is 32.9. The van der Waals surface area contributed by atoms with Gasteiger partial charge in [-0.3, -0.25) is 37.3 Å². The Bertz CT molecular complexity index is 1900. The molecule has 0 aromatic rings. The van der Waals surface area contributed by atoms with Crippen LogP contribution in [-0.4, -0.2) is 96.7 Å². The molecule has 0 rings (SSSR count). The molecule has 0 fully saturated rings. The third kappa shape index (κ3) is 72.2. The van der Waals surface area contributed by atoms with Crippen LogP contribution in [0, 0.1) is 23.7 Å². The number of carbonyl (C=O) groups is 4. The summed E-state index contributed by atoms with van der Waals surface area (Å²) in [6, 6.07) is 0. The summed E-state index contributed by atoms with van der Waals surface area (Å²) in [6.07, 6.45) is 53.0. The highest BCUT2D eigenvalue weighted by Crippen LogP contribution is 2.45. The van der Waals surface area contributed by atoms with Crippen molar-refractivity contribution in [2.45, 2.75) is 414 Å². The highest BCUT2D eigenvalue weighted by molar-refractivity contribution is 7.47. The molecule has 0 bridgehead atoms. The zero-order chi connectivity index (χ0) is 71.7. The smallest absolute Gasteiger partial charge is 0.462 e. The van der Waals surface area contributed by atoms with Crippen LogP contribution in [0.4, 0.5) is 0 Å². The number of carbonyl (C=O) groups excluding carboxylic acids is 4. The van der Waals surface area contributed by atoms with E-state index < -0.39 is 97.5 Å². The predicted molar refractivity (Wildman–Crippen MR) is 395 cm³/mol. The van der Waals surface area contributed by atoms with Crippen LogP contribution in [0.1, 0.15) is 396 Å². The second kappa shape index (κ2) is 67.2. The number of aliphatic hydroxyl groups excluding tert-OH is 1. The van der Waals surface area contributed by atoms with E-state index in [0.29, 0.717) is 31.6 Å². The van der Waals surface area contributed by atoms with Gasteiger partial charge in [-0.05, 0) is 49.4 Å². The Kier molecular flexibility index (Phi) is 65.9. The second-order valence-electron chi connectivity index (χ2n) is 30.0. The van der Waals surface area contributed by atoms with Gasteiger partial charge in [0.05, 0.1) is 26.4 Å². The first-order chi connectivity index (χ1) is 46.6. The van der Waals surface area contributed by atoms with E-state index in [9.17, 15) is 43.2 Å². The van der Waals surface area contributed by atoms with Crippen LogP contribution in [0.25, 0.3) is 0 Å². The van der Waals surface area contributed by atoms with Crippen LogP contribution in [0.15, 0.2) is 0 Å². The molecular formula is C78H152O17P2. The van der Waals surface area contributed by atoms with Gasteiger partial charge in [-0.1, -0.05) is 344 Å². The van der Waals surface area contributed by atoms with Gasteiger partial charge in [0.1, 0.15) is 19.3 Å². The quantitative estimate of drug-likeness (QED) is 0.0222. The molecule has 97 heavy (non-hydrogen) atoms. The van der Waals surface area contributed by atoms with Gasteiger partial charge in [0.25, 0.3) is 0 Å². The number of aliphatic hydroxyl groups is 1. The van der Waals surface area contributed by atoms with Crippen molar-refractivity contribution in [1.82, 2.24) is 0 Å². The van der Waals surface area contributed by atoms with Crippen molar-refractivity contribution in [3.8, 4) is 0 Å². The number of unbranched alkanes of at least 4 members (excludes halogenated alkanes) is 41. The molecule has 0 aromatic heterocycles. The fourth-order valence-electron chi connectivity index (χ4n) is 11.9. The molecule has 0 saturated heterocycles. The van der Waals surface area contributed by atoms with E-state index >= 15 is 0 Å². The summed E-state index contributed by atoms with van der Waals surface area (Å²) in [4.78, 5) is 72.8. The van der Waals surface area contributed by atoms with E-state index in [1.807, 2.05) is 0 Å². The molecule has 0 aliphatic heterocycles. The first kappa shape index (κ1) is 95.1. The number of esters is 4. The molecule has 0 radical (unpaired) electrons. The van der Waals surface area contributed by atoms with Gasteiger partial charge in [-0.15, -0.1) is 0 Å². The Labute approximate surface area is 594 Å². The van der Waals surface area contributed by atoms with Crippen molar-refractivity contribution >= 4 is 39.5 Å². The summed E-state index contributed by atoms with van der Waals surface area (Å²) in [7, 11) is -9.91. The first-order valence-electron chi connectivity index (χ1n) is 40.2. The third-order valence-electron chi connectivity index (χ3n) is 18.1. The minimum atomic E-state index is -4.96. The summed E-state index contributed by atoms with van der Waals surface area (Å²) in [5, 5.41) is 10.6. The highest BCUT2D eigenvalue weighted by atomic mass is 31.2. The van der Waals surface area contributed by atoms with Gasteiger partial charge >= 0.3 is 39.5 Å². The largest absolute Gasteiger partial charge is 0.472 e. The van der Waals surface area contributed by atoms with Crippen molar-refractivity contribution in [2.24, 2.45) is 23.7 Å². The van der Waals surface area contributed by atoms with Gasteiger partial charge in [0, 0.05) is 25.7 Å². The standard InChI is InChI=1S/C78H152O17P2/c1-68(2)54-46-38-30-23-19-15-13-11-9-10-12-14-16-21-25-34-42-50-58-75(80)88-64-73(94-77(82)60-52-44-36-26-22-18-17-20-24-31-39-47-55-69(3)4)66-92-96(84,85)90-62-72(79)63-91-97(86,87)93-67-74(95-78(83)61-53-45-37-29-33-41-49-57-71(7)8)65-89-76(81)59-51-43-35-28-27-32-40-48-56-70(5)6/h68-74,79H,9-67H2,1-8H3,(H,84,85)(H,86,87)/t72?,73-,74-/m1/s1. The molecule has 576 valence electrons. The molecule has 5 atom stereocenters. The number of hydrogen-bond acceptors (Lipinski definition) is 15. The summed E-state index contributed by atoms with van der Waals surface area (Å²) in [6.45, 7) is 14.2. The summed E-state index contributed by atoms with van der Waals surface area (Å²) in [5.74, 6) is 0.900. The maximum atomic E-state index is 13.1. The Morgan fingerprint density at radius 1 is 0.258 bits per heavy atom. The van der Waals surface area contributed by atoms with Crippen LogP contribution in [-0.2, 0) is 65.4 Å². The SMILES string of the molecule is CC(C)CCCCCCCCCCCCCCCCCCCCC(=O)OC[C@H](COP(=O)(O)OCC(O)COP(=O)(O)OC[C@@H](COC(=O)CCCCCCCCCCC(C)C)OC(=O)CCCCCCCCCC(C)C)OC(=O)CCCCCCCCCCCCCCC(C)C. The van der Waals surface area contributed by atoms with E-state index in [1.54, 1.807) is 0 Å². The van der Waals surface area contributed by atoms with Gasteiger partial charge in [0.2, 0.25) is 0 Å². The normalized spacial score (nSPS) is 14.1. The lowest BCUT2D eigenvalue weighted by Gasteiger charge is -2.21. The molecule has 3 N–H and O–H groups in total. The average molecular weight is 1420 g/mol. The number of rotatable bonds is 75. The van der Waals surface area contributed by atoms with Crippen LogP contribution < -0.4 is 0 Å². The molecule has 19 heteroatoms. The van der Waals surface area contributed by atoms with Gasteiger partial charge < -0.3 is 33.8 Å². The van der Waals surface area contributed by atoms with Gasteiger partial charge in [-0.25, -0.2) is 9.13 Å². The number of phosphoric ester groups is 2. The monoisotopic (exact) mass is 1420 g/mol. The fourth-order valence-corrected chi connectivity index (χ4v) is 13.5. The minimum Gasteiger partial charge on any atom is -0.462 e. The number of hydrogen-bond donors (Lipinski definition) is 3. The van der Waals surface area contributed by atoms with Crippen molar-refractivity contribution in [2.75, 3.05) is 39.6 Å². The summed E-state index contributed by atoms with van der Waals surface area (Å²) < 4.78 is 68.5. The lowest BCUT2D eigenvalue weighted by Crippen LogP contribution is -2.30. The maximum absolute atomic E-state index is 13.1. The first-order valence-corrected chi connectivity index (χ1v) is 43.2. The van der Waals surface area contributed by atoms with Crippen LogP contribution in [0.2, 0.25) is 0 Å². The Morgan fingerprint density at radius 3 is 0.639 bits per heavy atom. The Morgan fingerprint density at radius 2 is 0.433 bits per heavy atom. The van der Waals surface area contributed by atoms with E-state index in [2.05, 4.69) is 55.4 Å². The zero-order valence-corrected chi connectivity index (χ0v) is 65.5. The highest BCUT2D eigenvalue weighted by Gasteiger charge is 2.30. The van der Waals surface area contributed by atoms with E-state index in [1.165, 1.54) is 199 Å². The van der Waals surface area contributed by atoms with Crippen molar-refractivity contribution in [1.29, 1.82) is 0 Å². The molecule has 0 heterocycles. The topological polar surface area (TPSA) is 237 Å². The van der Waals surface area contributed by atoms with Gasteiger partial charge in [0.15, 0.2) is 12.2 Å². The van der Waals surface area contributed by atoms with Crippen LogP contribution in [0.5, 0.6) is 0 Å². The molecule has 0 saturated carbocycles. The van der Waals surface area contributed by atoms with Crippen molar-refractivity contribution < 1.29 is 80.2 Å². The third-order valence-corrected chi connectivity index (χ3v) is 20.0. The van der Waals surface area contributed by atoms with Crippen molar-refractivity contribution in [3.63, 3.8) is 0 Å². The molecule has 3 unspecified atom stereocenters. The molecule has 0 aliphatic rings. The van der Waals surface area contributed by atoms with Crippen LogP contribution >= 0.6 is 15.6 Å². The number of phosphoric acid groups is 2. The molecule has 0 spiro atoms. The predicted octanol–water partition coefficient (Wildman–Crippen LogP) is 22.8. The van der Waals surface area contributed by atoms with Gasteiger partial charge in [-0.2, -0.15) is 0 Å². The lowest BCUT2D eigenvalue weighted by atomic mass is 10.0. The maximum Gasteiger partial charge on any atom is 0.472 e. The van der Waals surface area contributed by atoms with Crippen LogP contribution in [0.3, 0.4) is 0 Å². The molecular weight excluding hydrogens is 1270 g/mol. The lowest BCUT2D eigenvalue weighted by molar-refractivity contribution is -0.161. The molecule has 0 aromatic carbocycles. The van der Waals surface area contributed by atoms with E-state index in [0.717, 1.165) is 108 Å². The zero-order valence-electron chi connectivity index (χ0n) is 63.7. The van der Waals surface area contributed by atoms with E-state index in [-0.39, 0.29) is 25.7 Å². The Balaban J connectivity index is 5.19. The molecule has 0 aliphatic carbocycles. The molecule has 0 amide bonds. The average Bonchev–Trinajstić information content (AvgIpc) is 1.18. The molecule has 17 nitrogen and oxygen atoms in total. The minimum absolute atomic E-state index is 0.103.